The van der Waals surface area contributed by atoms with Gasteiger partial charge in [0.15, 0.2) is 0 Å². The summed E-state index contributed by atoms with van der Waals surface area (Å²) >= 11 is 0. The maximum atomic E-state index is 12.4. The number of carbonyl (C=O) groups excluding carboxylic acids is 1. The Kier molecular flexibility index (Phi) is 5.18. The highest BCUT2D eigenvalue weighted by molar-refractivity contribution is 5.78. The van der Waals surface area contributed by atoms with Gasteiger partial charge in [0.1, 0.15) is 0 Å². The van der Waals surface area contributed by atoms with Crippen molar-refractivity contribution in [3.8, 4) is 0 Å². The average Bonchev–Trinajstić information content (AvgIpc) is 2.88. The van der Waals surface area contributed by atoms with E-state index in [0.29, 0.717) is 19.1 Å². The molecular formula is C18H26N2O. The van der Waals surface area contributed by atoms with Crippen LogP contribution in [0.15, 0.2) is 36.4 Å². The summed E-state index contributed by atoms with van der Waals surface area (Å²) in [6.45, 7) is 9.76. The molecule has 21 heavy (non-hydrogen) atoms. The number of nitrogens with zero attached hydrogens (tertiary/aromatic N) is 2. The molecule has 3 nitrogen and oxygen atoms in total. The normalized spacial score (nSPS) is 16.9. The zero-order valence-electron chi connectivity index (χ0n) is 13.4. The van der Waals surface area contributed by atoms with Crippen LogP contribution in [0.3, 0.4) is 0 Å². The molecule has 0 N–H and O–H groups in total. The molecule has 0 saturated heterocycles. The molecule has 0 saturated carbocycles. The first kappa shape index (κ1) is 15.8. The van der Waals surface area contributed by atoms with Gasteiger partial charge >= 0.3 is 0 Å². The Balaban J connectivity index is 2.00. The number of benzene rings is 1. The zero-order valence-corrected chi connectivity index (χ0v) is 13.4. The topological polar surface area (TPSA) is 23.6 Å². The van der Waals surface area contributed by atoms with Crippen LogP contribution in [-0.2, 0) is 11.2 Å². The molecule has 0 spiro atoms. The van der Waals surface area contributed by atoms with Gasteiger partial charge in [-0.3, -0.25) is 9.69 Å². The molecule has 1 aromatic carbocycles. The molecular weight excluding hydrogens is 260 g/mol. The van der Waals surface area contributed by atoms with E-state index in [4.69, 9.17) is 0 Å². The van der Waals surface area contributed by atoms with Crippen LogP contribution >= 0.6 is 0 Å². The molecule has 0 heterocycles. The first-order chi connectivity index (χ1) is 10.0. The van der Waals surface area contributed by atoms with E-state index in [1.807, 2.05) is 18.7 Å². The third kappa shape index (κ3) is 3.73. The minimum Gasteiger partial charge on any atom is -0.338 e. The number of hydrogen-bond donors (Lipinski definition) is 0. The molecule has 1 amide bonds. The Morgan fingerprint density at radius 1 is 1.33 bits per heavy atom. The maximum Gasteiger partial charge on any atom is 0.237 e. The second kappa shape index (κ2) is 6.90. The molecule has 3 heteroatoms. The van der Waals surface area contributed by atoms with Crippen molar-refractivity contribution in [1.29, 1.82) is 0 Å². The Hall–Kier alpha value is -1.61. The summed E-state index contributed by atoms with van der Waals surface area (Å²) in [6.07, 6.45) is 2.22. The van der Waals surface area contributed by atoms with Crippen molar-refractivity contribution in [3.63, 3.8) is 0 Å². The van der Waals surface area contributed by atoms with Gasteiger partial charge in [-0.1, -0.05) is 36.4 Å². The van der Waals surface area contributed by atoms with E-state index in [0.717, 1.165) is 25.0 Å². The molecule has 1 aliphatic rings. The van der Waals surface area contributed by atoms with Crippen LogP contribution in [0.4, 0.5) is 0 Å². The fourth-order valence-electron chi connectivity index (χ4n) is 3.12. The van der Waals surface area contributed by atoms with Gasteiger partial charge in [0.25, 0.3) is 0 Å². The van der Waals surface area contributed by atoms with E-state index in [1.165, 1.54) is 11.1 Å². The third-order valence-corrected chi connectivity index (χ3v) is 4.21. The van der Waals surface area contributed by atoms with Gasteiger partial charge in [0.05, 0.1) is 6.54 Å². The molecule has 1 aromatic rings. The molecule has 0 aliphatic heterocycles. The molecule has 2 rings (SSSR count). The summed E-state index contributed by atoms with van der Waals surface area (Å²) in [4.78, 5) is 16.5. The number of amides is 1. The lowest BCUT2D eigenvalue weighted by Gasteiger charge is -2.28. The van der Waals surface area contributed by atoms with Crippen molar-refractivity contribution in [1.82, 2.24) is 9.80 Å². The van der Waals surface area contributed by atoms with Crippen LogP contribution in [0.5, 0.6) is 0 Å². The highest BCUT2D eigenvalue weighted by atomic mass is 16.2. The third-order valence-electron chi connectivity index (χ3n) is 4.21. The van der Waals surface area contributed by atoms with Crippen LogP contribution in [0.2, 0.25) is 0 Å². The van der Waals surface area contributed by atoms with Gasteiger partial charge in [-0.2, -0.15) is 0 Å². The maximum absolute atomic E-state index is 12.4. The average molecular weight is 286 g/mol. The predicted molar refractivity (Wildman–Crippen MR) is 87.2 cm³/mol. The predicted octanol–water partition coefficient (Wildman–Crippen LogP) is 3.03. The highest BCUT2D eigenvalue weighted by Crippen LogP contribution is 2.34. The second-order valence-corrected chi connectivity index (χ2v) is 6.03. The minimum atomic E-state index is 0.187. The monoisotopic (exact) mass is 286 g/mol. The van der Waals surface area contributed by atoms with Crippen molar-refractivity contribution in [2.45, 2.75) is 32.7 Å². The van der Waals surface area contributed by atoms with E-state index in [9.17, 15) is 4.79 Å². The summed E-state index contributed by atoms with van der Waals surface area (Å²) in [7, 11) is 2.05. The zero-order chi connectivity index (χ0) is 15.4. The van der Waals surface area contributed by atoms with Gasteiger partial charge in [-0.15, -0.1) is 0 Å². The van der Waals surface area contributed by atoms with Gasteiger partial charge < -0.3 is 4.90 Å². The number of fused-ring (bicyclic) bond motifs is 1. The van der Waals surface area contributed by atoms with Crippen molar-refractivity contribution < 1.29 is 4.79 Å². The van der Waals surface area contributed by atoms with Crippen LogP contribution in [-0.4, -0.2) is 42.4 Å². The van der Waals surface area contributed by atoms with E-state index in [2.05, 4.69) is 42.8 Å². The van der Waals surface area contributed by atoms with E-state index in [-0.39, 0.29) is 5.91 Å². The first-order valence-electron chi connectivity index (χ1n) is 7.73. The Morgan fingerprint density at radius 2 is 2.05 bits per heavy atom. The van der Waals surface area contributed by atoms with Crippen molar-refractivity contribution >= 4 is 5.91 Å². The molecule has 0 fully saturated rings. The fraction of sp³-hybridized carbons (Fsp3) is 0.500. The van der Waals surface area contributed by atoms with Crippen molar-refractivity contribution in [2.24, 2.45) is 0 Å². The molecule has 0 aromatic heterocycles. The fourth-order valence-corrected chi connectivity index (χ4v) is 3.12. The van der Waals surface area contributed by atoms with E-state index >= 15 is 0 Å². The lowest BCUT2D eigenvalue weighted by atomic mass is 10.1. The number of rotatable bonds is 6. The molecule has 0 radical (unpaired) electrons. The summed E-state index contributed by atoms with van der Waals surface area (Å²) in [6, 6.07) is 8.95. The first-order valence-corrected chi connectivity index (χ1v) is 7.73. The number of carbonyl (C=O) groups is 1. The number of likely N-dealkylation sites (N-methyl/N-ethyl adjacent to an activating group) is 2. The van der Waals surface area contributed by atoms with Crippen molar-refractivity contribution in [3.05, 3.63) is 47.5 Å². The van der Waals surface area contributed by atoms with Gasteiger partial charge in [-0.25, -0.2) is 0 Å². The van der Waals surface area contributed by atoms with Crippen LogP contribution in [0.1, 0.15) is 37.4 Å². The number of hydrogen-bond acceptors (Lipinski definition) is 2. The lowest BCUT2D eigenvalue weighted by molar-refractivity contribution is -0.132. The van der Waals surface area contributed by atoms with Gasteiger partial charge in [-0.05, 0) is 44.9 Å². The molecule has 0 bridgehead atoms. The number of aryl methyl sites for hydroxylation is 1. The smallest absolute Gasteiger partial charge is 0.237 e. The van der Waals surface area contributed by atoms with Gasteiger partial charge in [0.2, 0.25) is 5.91 Å². The SMILES string of the molecule is C=C(C)CN(CC)C(=O)CN(C)C1CCc2ccccc21. The summed E-state index contributed by atoms with van der Waals surface area (Å²) in [5.41, 5.74) is 3.84. The molecule has 1 aliphatic carbocycles. The van der Waals surface area contributed by atoms with Crippen LogP contribution in [0.25, 0.3) is 0 Å². The molecule has 1 unspecified atom stereocenters. The van der Waals surface area contributed by atoms with E-state index in [1.54, 1.807) is 0 Å². The van der Waals surface area contributed by atoms with Crippen LogP contribution < -0.4 is 0 Å². The lowest BCUT2D eigenvalue weighted by Crippen LogP contribution is -2.40. The quantitative estimate of drug-likeness (QED) is 0.751. The molecule has 1 atom stereocenters. The molecule has 114 valence electrons. The summed E-state index contributed by atoms with van der Waals surface area (Å²) < 4.78 is 0. The second-order valence-electron chi connectivity index (χ2n) is 6.03. The Morgan fingerprint density at radius 3 is 2.71 bits per heavy atom. The summed E-state index contributed by atoms with van der Waals surface area (Å²) in [5.74, 6) is 0.187. The van der Waals surface area contributed by atoms with Crippen molar-refractivity contribution in [2.75, 3.05) is 26.7 Å². The van der Waals surface area contributed by atoms with Gasteiger partial charge in [0, 0.05) is 19.1 Å². The Labute approximate surface area is 128 Å². The largest absolute Gasteiger partial charge is 0.338 e. The Bertz CT molecular complexity index is 524. The highest BCUT2D eigenvalue weighted by Gasteiger charge is 2.27. The van der Waals surface area contributed by atoms with Crippen LogP contribution in [0, 0.1) is 0 Å². The standard InChI is InChI=1S/C18H26N2O/c1-5-20(12-14(2)3)18(21)13-19(4)17-11-10-15-8-6-7-9-16(15)17/h6-9,17H,2,5,10-13H2,1,3-4H3. The minimum absolute atomic E-state index is 0.187. The summed E-state index contributed by atoms with van der Waals surface area (Å²) in [5, 5.41) is 0. The van der Waals surface area contributed by atoms with E-state index < -0.39 is 0 Å².